The molecule has 5 aliphatic rings. The normalized spacial score (nSPS) is 26.4. The first-order valence-corrected chi connectivity index (χ1v) is 19.3. The summed E-state index contributed by atoms with van der Waals surface area (Å²) in [6.45, 7) is 9.46. The Labute approximate surface area is 328 Å². The predicted octanol–water partition coefficient (Wildman–Crippen LogP) is 4.72. The Kier molecular flexibility index (Phi) is 9.36. The van der Waals surface area contributed by atoms with Crippen molar-refractivity contribution >= 4 is 41.1 Å². The van der Waals surface area contributed by atoms with Gasteiger partial charge in [0.2, 0.25) is 17.7 Å². The van der Waals surface area contributed by atoms with E-state index in [1.165, 1.54) is 0 Å². The van der Waals surface area contributed by atoms with Crippen molar-refractivity contribution in [2.75, 3.05) is 0 Å². The number of piperidine rings is 1. The molecule has 1 aromatic heterocycles. The molecule has 2 aromatic carbocycles. The van der Waals surface area contributed by atoms with E-state index in [4.69, 9.17) is 21.1 Å². The summed E-state index contributed by atoms with van der Waals surface area (Å²) >= 11 is 6.22. The highest BCUT2D eigenvalue weighted by molar-refractivity contribution is 6.31. The first-order chi connectivity index (χ1) is 26.6. The van der Waals surface area contributed by atoms with Gasteiger partial charge in [-0.15, -0.1) is 10.2 Å². The molecule has 0 spiro atoms. The lowest BCUT2D eigenvalue weighted by Crippen LogP contribution is -2.74. The molecule has 4 heterocycles. The maximum absolute atomic E-state index is 13.3. The highest BCUT2D eigenvalue weighted by Gasteiger charge is 2.64. The quantitative estimate of drug-likeness (QED) is 0.302. The van der Waals surface area contributed by atoms with Crippen molar-refractivity contribution in [1.82, 2.24) is 30.6 Å². The lowest BCUT2D eigenvalue weighted by atomic mass is 9.49. The second-order valence-corrected chi connectivity index (χ2v) is 17.0. The van der Waals surface area contributed by atoms with E-state index in [1.54, 1.807) is 42.5 Å². The first kappa shape index (κ1) is 37.5. The topological polar surface area (TPSA) is 184 Å². The number of halogens is 1. The molecule has 1 atom stereocenters. The largest absolute Gasteiger partial charge is 0.489 e. The number of hydrogen-bond acceptors (Lipinski definition) is 11. The van der Waals surface area contributed by atoms with Gasteiger partial charge in [0.15, 0.2) is 5.69 Å². The van der Waals surface area contributed by atoms with Gasteiger partial charge in [0.25, 0.3) is 17.7 Å². The van der Waals surface area contributed by atoms with Crippen LogP contribution < -0.4 is 20.1 Å². The number of aromatic nitrogens is 2. The average Bonchev–Trinajstić information content (AvgIpc) is 3.69. The lowest BCUT2D eigenvalue weighted by molar-refractivity contribution is -0.164. The molecular weight excluding hydrogens is 738 g/mol. The molecule has 5 amide bonds. The number of hydrogen-bond donors (Lipinski definition) is 2. The molecule has 0 bridgehead atoms. The summed E-state index contributed by atoms with van der Waals surface area (Å²) in [4.78, 5) is 67.4. The maximum atomic E-state index is 13.3. The number of fused-ring (bicyclic) bond motifs is 2. The molecular formula is C41H42ClN7O7. The van der Waals surface area contributed by atoms with Crippen LogP contribution >= 0.6 is 11.6 Å². The first-order valence-electron chi connectivity index (χ1n) is 18.9. The Balaban J connectivity index is 0.821. The van der Waals surface area contributed by atoms with E-state index in [2.05, 4.69) is 31.8 Å². The summed E-state index contributed by atoms with van der Waals surface area (Å²) in [5, 5.41) is 23.3. The van der Waals surface area contributed by atoms with Crippen LogP contribution in [0, 0.1) is 22.2 Å². The molecule has 56 heavy (non-hydrogen) atoms. The molecule has 2 saturated carbocycles. The van der Waals surface area contributed by atoms with Crippen LogP contribution in [0.4, 0.5) is 0 Å². The number of carbonyl (C=O) groups excluding carboxylic acids is 5. The van der Waals surface area contributed by atoms with Crippen LogP contribution in [0.1, 0.15) is 114 Å². The van der Waals surface area contributed by atoms with Gasteiger partial charge in [0.1, 0.15) is 30.1 Å². The zero-order valence-corrected chi connectivity index (χ0v) is 32.3. The SMILES string of the molecule is CC1(C)[C@H](NC(=O)c2ccc(O[C@H]3CC[C@H](N4Cc5cc6c(cc5C4)C(=O)N(C4CCC(=O)NC4=O)C6=O)CC3)nn2)C(C)(C)[C@H]1Oc1ccc(C#N)c(Cl)c1. The summed E-state index contributed by atoms with van der Waals surface area (Å²) in [5.74, 6) is -1.43. The Morgan fingerprint density at radius 2 is 1.55 bits per heavy atom. The van der Waals surface area contributed by atoms with Gasteiger partial charge in [-0.05, 0) is 73.6 Å². The van der Waals surface area contributed by atoms with E-state index in [-0.39, 0.29) is 42.7 Å². The fourth-order valence-electron chi connectivity index (χ4n) is 9.66. The fraction of sp³-hybridized carbons (Fsp3) is 0.463. The second-order valence-electron chi connectivity index (χ2n) is 16.6. The smallest absolute Gasteiger partial charge is 0.272 e. The molecule has 3 aromatic rings. The van der Waals surface area contributed by atoms with Crippen LogP contribution in [-0.4, -0.2) is 79.9 Å². The van der Waals surface area contributed by atoms with Crippen LogP contribution in [-0.2, 0) is 22.7 Å². The fourth-order valence-corrected chi connectivity index (χ4v) is 9.87. The summed E-state index contributed by atoms with van der Waals surface area (Å²) in [6.07, 6.45) is 3.31. The monoisotopic (exact) mass is 779 g/mol. The molecule has 2 N–H and O–H groups in total. The van der Waals surface area contributed by atoms with Gasteiger partial charge in [-0.25, -0.2) is 0 Å². The van der Waals surface area contributed by atoms with Crippen molar-refractivity contribution in [1.29, 1.82) is 5.26 Å². The highest BCUT2D eigenvalue weighted by Crippen LogP contribution is 2.55. The number of nitriles is 1. The van der Waals surface area contributed by atoms with Gasteiger partial charge in [-0.3, -0.25) is 39.1 Å². The molecule has 3 aliphatic heterocycles. The summed E-state index contributed by atoms with van der Waals surface area (Å²) in [7, 11) is 0. The maximum Gasteiger partial charge on any atom is 0.272 e. The molecule has 1 saturated heterocycles. The number of carbonyl (C=O) groups is 5. The molecule has 8 rings (SSSR count). The van der Waals surface area contributed by atoms with Crippen LogP contribution in [0.25, 0.3) is 0 Å². The van der Waals surface area contributed by atoms with Gasteiger partial charge in [0.05, 0.1) is 21.7 Å². The van der Waals surface area contributed by atoms with Crippen molar-refractivity contribution in [2.24, 2.45) is 10.8 Å². The minimum absolute atomic E-state index is 0.0537. The lowest BCUT2D eigenvalue weighted by Gasteiger charge is -2.63. The number of imide groups is 2. The molecule has 3 fully saturated rings. The molecule has 0 radical (unpaired) electrons. The minimum atomic E-state index is -0.983. The van der Waals surface area contributed by atoms with Gasteiger partial charge in [-0.2, -0.15) is 5.26 Å². The van der Waals surface area contributed by atoms with Gasteiger partial charge >= 0.3 is 0 Å². The zero-order chi connectivity index (χ0) is 39.7. The number of benzene rings is 2. The van der Waals surface area contributed by atoms with Gasteiger partial charge < -0.3 is 14.8 Å². The van der Waals surface area contributed by atoms with Crippen LogP contribution in [0.2, 0.25) is 5.02 Å². The number of rotatable bonds is 8. The van der Waals surface area contributed by atoms with E-state index in [9.17, 15) is 29.2 Å². The van der Waals surface area contributed by atoms with Crippen LogP contribution in [0.5, 0.6) is 11.6 Å². The molecule has 2 aliphatic carbocycles. The highest BCUT2D eigenvalue weighted by atomic mass is 35.5. The molecule has 14 nitrogen and oxygen atoms in total. The van der Waals surface area contributed by atoms with Crippen molar-refractivity contribution in [2.45, 2.75) is 110 Å². The standard InChI is InChI=1S/C41H42ClN7O7/c1-40(2)38(41(3,4)39(40)56-26-8-5-21(18-43)29(42)17-26)45-34(51)30-11-14-33(47-46-30)55-25-9-6-24(7-10-25)48-19-22-15-27-28(16-23(22)20-48)37(54)49(36(27)53)31-12-13-32(50)44-35(31)52/h5,8,11,14-17,24-25,31,38-39H,6-7,9-10,12-13,19-20H2,1-4H3,(H,45,51)(H,44,50,52)/t24-,25-,31?,38-,39-. The average molecular weight is 780 g/mol. The third-order valence-electron chi connectivity index (χ3n) is 12.3. The Hall–Kier alpha value is -5.39. The van der Waals surface area contributed by atoms with Crippen molar-refractivity contribution < 1.29 is 33.4 Å². The zero-order valence-electron chi connectivity index (χ0n) is 31.6. The summed E-state index contributed by atoms with van der Waals surface area (Å²) < 4.78 is 12.5. The van der Waals surface area contributed by atoms with Crippen molar-refractivity contribution in [3.63, 3.8) is 0 Å². The molecule has 15 heteroatoms. The van der Waals surface area contributed by atoms with E-state index in [1.807, 2.05) is 27.7 Å². The van der Waals surface area contributed by atoms with Gasteiger partial charge in [-0.1, -0.05) is 39.3 Å². The number of ether oxygens (including phenoxy) is 2. The second kappa shape index (κ2) is 14.0. The van der Waals surface area contributed by atoms with Crippen LogP contribution in [0.3, 0.4) is 0 Å². The molecule has 1 unspecified atom stereocenters. The van der Waals surface area contributed by atoms with E-state index in [0.717, 1.165) is 41.7 Å². The third kappa shape index (κ3) is 6.46. The van der Waals surface area contributed by atoms with E-state index in [0.29, 0.717) is 52.5 Å². The Bertz CT molecular complexity index is 2150. The molecule has 290 valence electrons. The van der Waals surface area contributed by atoms with Crippen LogP contribution in [0.15, 0.2) is 42.5 Å². The van der Waals surface area contributed by atoms with E-state index < -0.39 is 40.5 Å². The van der Waals surface area contributed by atoms with Gasteiger partial charge in [0, 0.05) is 54.6 Å². The van der Waals surface area contributed by atoms with Crippen molar-refractivity contribution in [3.8, 4) is 17.7 Å². The van der Waals surface area contributed by atoms with Crippen molar-refractivity contribution in [3.05, 3.63) is 81.0 Å². The Morgan fingerprint density at radius 3 is 2.12 bits per heavy atom. The summed E-state index contributed by atoms with van der Waals surface area (Å²) in [5.41, 5.74) is 2.32. The Morgan fingerprint density at radius 1 is 0.893 bits per heavy atom. The third-order valence-corrected chi connectivity index (χ3v) is 12.6. The number of nitrogens with one attached hydrogen (secondary N) is 2. The predicted molar refractivity (Wildman–Crippen MR) is 200 cm³/mol. The minimum Gasteiger partial charge on any atom is -0.489 e. The summed E-state index contributed by atoms with van der Waals surface area (Å²) in [6, 6.07) is 13.0. The number of nitrogens with zero attached hydrogens (tertiary/aromatic N) is 5. The number of amides is 5. The van der Waals surface area contributed by atoms with E-state index >= 15 is 0 Å².